The van der Waals surface area contributed by atoms with Crippen LogP contribution in [-0.2, 0) is 9.84 Å². The Morgan fingerprint density at radius 1 is 1.00 bits per heavy atom. The highest BCUT2D eigenvalue weighted by atomic mass is 79.9. The molecule has 0 aliphatic heterocycles. The van der Waals surface area contributed by atoms with Crippen molar-refractivity contribution in [2.75, 3.05) is 0 Å². The van der Waals surface area contributed by atoms with Crippen LogP contribution in [0.5, 0.6) is 0 Å². The number of hydrogen-bond acceptors (Lipinski definition) is 3. The smallest absolute Gasteiger partial charge is 0.199 e. The van der Waals surface area contributed by atoms with Crippen LogP contribution >= 0.6 is 27.5 Å². The van der Waals surface area contributed by atoms with Crippen molar-refractivity contribution in [1.29, 1.82) is 0 Å². The molecule has 0 heterocycles. The van der Waals surface area contributed by atoms with E-state index in [1.54, 1.807) is 36.4 Å². The van der Waals surface area contributed by atoms with Gasteiger partial charge in [0.15, 0.2) is 15.6 Å². The number of benzene rings is 2. The van der Waals surface area contributed by atoms with Crippen LogP contribution in [0.15, 0.2) is 69.4 Å². The molecule has 6 heteroatoms. The molecule has 0 saturated heterocycles. The molecule has 0 spiro atoms. The molecule has 0 bridgehead atoms. The lowest BCUT2D eigenvalue weighted by Gasteiger charge is -1.99. The van der Waals surface area contributed by atoms with E-state index in [-0.39, 0.29) is 4.90 Å². The van der Waals surface area contributed by atoms with E-state index in [4.69, 9.17) is 11.6 Å². The van der Waals surface area contributed by atoms with Crippen LogP contribution in [0.4, 0.5) is 0 Å². The fourth-order valence-corrected chi connectivity index (χ4v) is 2.93. The summed E-state index contributed by atoms with van der Waals surface area (Å²) in [5, 5.41) is 1.42. The predicted octanol–water partition coefficient (Wildman–Crippen LogP) is 4.27. The van der Waals surface area contributed by atoms with Crippen LogP contribution < -0.4 is 0 Å². The molecule has 3 nitrogen and oxygen atoms in total. The van der Waals surface area contributed by atoms with Crippen molar-refractivity contribution in [3.05, 3.63) is 75.1 Å². The van der Waals surface area contributed by atoms with Gasteiger partial charge in [-0.05, 0) is 54.6 Å². The standard InChI is InChI=1S/C15H10BrClO3S/c16-12-3-7-14(8-4-12)21(19,20)10-9-15(18)11-1-5-13(17)6-2-11/h1-10H/b10-9+. The highest BCUT2D eigenvalue weighted by Gasteiger charge is 2.11. The van der Waals surface area contributed by atoms with Crippen LogP contribution in [0.2, 0.25) is 5.02 Å². The summed E-state index contributed by atoms with van der Waals surface area (Å²) >= 11 is 8.96. The molecule has 0 N–H and O–H groups in total. The van der Waals surface area contributed by atoms with E-state index in [9.17, 15) is 13.2 Å². The maximum Gasteiger partial charge on any atom is 0.199 e. The third-order valence-electron chi connectivity index (χ3n) is 2.67. The number of halogens is 2. The minimum atomic E-state index is -3.64. The molecule has 0 radical (unpaired) electrons. The second-order valence-electron chi connectivity index (χ2n) is 4.17. The van der Waals surface area contributed by atoms with E-state index in [1.165, 1.54) is 12.1 Å². The molecule has 0 atom stereocenters. The van der Waals surface area contributed by atoms with E-state index < -0.39 is 15.6 Å². The molecular formula is C15H10BrClO3S. The third-order valence-corrected chi connectivity index (χ3v) is 4.87. The molecule has 2 rings (SSSR count). The van der Waals surface area contributed by atoms with Gasteiger partial charge in [-0.25, -0.2) is 8.42 Å². The summed E-state index contributed by atoms with van der Waals surface area (Å²) in [4.78, 5) is 12.0. The van der Waals surface area contributed by atoms with E-state index in [2.05, 4.69) is 15.9 Å². The number of sulfone groups is 1. The van der Waals surface area contributed by atoms with Gasteiger partial charge < -0.3 is 0 Å². The van der Waals surface area contributed by atoms with Crippen LogP contribution in [0.3, 0.4) is 0 Å². The van der Waals surface area contributed by atoms with Gasteiger partial charge in [-0.2, -0.15) is 0 Å². The molecule has 2 aromatic rings. The first-order valence-electron chi connectivity index (χ1n) is 5.87. The quantitative estimate of drug-likeness (QED) is 0.583. The van der Waals surface area contributed by atoms with E-state index in [0.29, 0.717) is 10.6 Å². The maximum absolute atomic E-state index is 12.1. The van der Waals surface area contributed by atoms with Crippen molar-refractivity contribution in [2.45, 2.75) is 4.90 Å². The van der Waals surface area contributed by atoms with Gasteiger partial charge in [0.1, 0.15) is 0 Å². The first kappa shape index (κ1) is 15.9. The molecule has 0 aliphatic rings. The van der Waals surface area contributed by atoms with Gasteiger partial charge in [-0.3, -0.25) is 4.79 Å². The number of carbonyl (C=O) groups excluding carboxylic acids is 1. The van der Waals surface area contributed by atoms with Gasteiger partial charge >= 0.3 is 0 Å². The lowest BCUT2D eigenvalue weighted by Crippen LogP contribution is -1.99. The Balaban J connectivity index is 2.21. The van der Waals surface area contributed by atoms with Gasteiger partial charge in [0, 0.05) is 20.5 Å². The van der Waals surface area contributed by atoms with Gasteiger partial charge in [0.05, 0.1) is 4.90 Å². The Morgan fingerprint density at radius 3 is 2.14 bits per heavy atom. The first-order valence-corrected chi connectivity index (χ1v) is 8.59. The van der Waals surface area contributed by atoms with Crippen molar-refractivity contribution in [3.8, 4) is 0 Å². The Hall–Kier alpha value is -1.43. The largest absolute Gasteiger partial charge is 0.289 e. The van der Waals surface area contributed by atoms with Crippen molar-refractivity contribution < 1.29 is 13.2 Å². The summed E-state index contributed by atoms with van der Waals surface area (Å²) < 4.78 is 24.9. The molecule has 108 valence electrons. The Kier molecular flexibility index (Phi) is 4.98. The van der Waals surface area contributed by atoms with Crippen molar-refractivity contribution in [1.82, 2.24) is 0 Å². The van der Waals surface area contributed by atoms with Crippen molar-refractivity contribution in [3.63, 3.8) is 0 Å². The third kappa shape index (κ3) is 4.27. The van der Waals surface area contributed by atoms with E-state index in [0.717, 1.165) is 16.0 Å². The average molecular weight is 386 g/mol. The van der Waals surface area contributed by atoms with Crippen molar-refractivity contribution in [2.24, 2.45) is 0 Å². The average Bonchev–Trinajstić information content (AvgIpc) is 2.46. The first-order chi connectivity index (χ1) is 9.88. The molecule has 0 aliphatic carbocycles. The molecule has 2 aromatic carbocycles. The summed E-state index contributed by atoms with van der Waals surface area (Å²) in [7, 11) is -3.64. The van der Waals surface area contributed by atoms with E-state index in [1.807, 2.05) is 0 Å². The Morgan fingerprint density at radius 2 is 1.57 bits per heavy atom. The van der Waals surface area contributed by atoms with Crippen LogP contribution in [0, 0.1) is 0 Å². The summed E-state index contributed by atoms with van der Waals surface area (Å²) in [6.07, 6.45) is 1.04. The normalized spacial score (nSPS) is 11.7. The number of rotatable bonds is 4. The lowest BCUT2D eigenvalue weighted by molar-refractivity contribution is 0.104. The predicted molar refractivity (Wildman–Crippen MR) is 86.3 cm³/mol. The summed E-state index contributed by atoms with van der Waals surface area (Å²) in [5.74, 6) is -0.396. The Labute approximate surface area is 136 Å². The minimum Gasteiger partial charge on any atom is -0.289 e. The molecular weight excluding hydrogens is 376 g/mol. The fourth-order valence-electron chi connectivity index (χ4n) is 1.56. The summed E-state index contributed by atoms with van der Waals surface area (Å²) in [5.41, 5.74) is 0.377. The zero-order valence-corrected chi connectivity index (χ0v) is 13.8. The highest BCUT2D eigenvalue weighted by Crippen LogP contribution is 2.17. The number of ketones is 1. The zero-order valence-electron chi connectivity index (χ0n) is 10.7. The summed E-state index contributed by atoms with van der Waals surface area (Å²) in [6, 6.07) is 12.4. The van der Waals surface area contributed by atoms with E-state index >= 15 is 0 Å². The summed E-state index contributed by atoms with van der Waals surface area (Å²) in [6.45, 7) is 0. The van der Waals surface area contributed by atoms with Crippen LogP contribution in [0.25, 0.3) is 0 Å². The van der Waals surface area contributed by atoms with Crippen molar-refractivity contribution >= 4 is 43.2 Å². The molecule has 0 fully saturated rings. The van der Waals surface area contributed by atoms with Gasteiger partial charge in [-0.15, -0.1) is 0 Å². The molecule has 21 heavy (non-hydrogen) atoms. The Bertz CT molecular complexity index is 779. The molecule has 0 amide bonds. The second kappa shape index (κ2) is 6.56. The molecule has 0 saturated carbocycles. The zero-order chi connectivity index (χ0) is 15.5. The number of hydrogen-bond donors (Lipinski definition) is 0. The van der Waals surface area contributed by atoms with Crippen LogP contribution in [-0.4, -0.2) is 14.2 Å². The maximum atomic E-state index is 12.1. The van der Waals surface area contributed by atoms with Gasteiger partial charge in [0.25, 0.3) is 0 Å². The molecule has 0 unspecified atom stereocenters. The lowest BCUT2D eigenvalue weighted by atomic mass is 10.1. The topological polar surface area (TPSA) is 51.2 Å². The monoisotopic (exact) mass is 384 g/mol. The SMILES string of the molecule is O=C(/C=C/S(=O)(=O)c1ccc(Br)cc1)c1ccc(Cl)cc1. The molecule has 0 aromatic heterocycles. The van der Waals surface area contributed by atoms with Gasteiger partial charge in [0.2, 0.25) is 0 Å². The minimum absolute atomic E-state index is 0.130. The fraction of sp³-hybridized carbons (Fsp3) is 0. The second-order valence-corrected chi connectivity index (χ2v) is 7.36. The highest BCUT2D eigenvalue weighted by molar-refractivity contribution is 9.10. The van der Waals surface area contributed by atoms with Gasteiger partial charge in [-0.1, -0.05) is 27.5 Å². The number of carbonyl (C=O) groups is 1. The van der Waals surface area contributed by atoms with Crippen LogP contribution in [0.1, 0.15) is 10.4 Å². The number of allylic oxidation sites excluding steroid dienone is 1.